The molecular weight excluding hydrogens is 226 g/mol. The molecule has 0 aliphatic heterocycles. The SMILES string of the molecule is CN(CCC#N)C(=O)Nc1cccc(Cl)c1. The number of nitrogens with zero attached hydrogens (tertiary/aromatic N) is 2. The minimum Gasteiger partial charge on any atom is -0.327 e. The second-order valence-electron chi connectivity index (χ2n) is 3.27. The number of hydrogen-bond acceptors (Lipinski definition) is 2. The molecule has 16 heavy (non-hydrogen) atoms. The number of carbonyl (C=O) groups is 1. The van der Waals surface area contributed by atoms with E-state index in [1.807, 2.05) is 6.07 Å². The smallest absolute Gasteiger partial charge is 0.321 e. The summed E-state index contributed by atoms with van der Waals surface area (Å²) in [6, 6.07) is 8.64. The zero-order valence-electron chi connectivity index (χ0n) is 8.90. The molecule has 0 saturated heterocycles. The molecule has 1 aromatic carbocycles. The molecule has 1 aromatic rings. The molecule has 0 aromatic heterocycles. The van der Waals surface area contributed by atoms with Crippen LogP contribution < -0.4 is 5.32 Å². The van der Waals surface area contributed by atoms with Gasteiger partial charge in [0.15, 0.2) is 0 Å². The maximum atomic E-state index is 11.6. The van der Waals surface area contributed by atoms with Gasteiger partial charge in [0.2, 0.25) is 0 Å². The van der Waals surface area contributed by atoms with Crippen LogP contribution in [0.2, 0.25) is 5.02 Å². The van der Waals surface area contributed by atoms with E-state index in [-0.39, 0.29) is 6.03 Å². The summed E-state index contributed by atoms with van der Waals surface area (Å²) in [5.74, 6) is 0. The number of urea groups is 1. The van der Waals surface area contributed by atoms with Gasteiger partial charge in [-0.05, 0) is 18.2 Å². The average Bonchev–Trinajstić information content (AvgIpc) is 2.25. The van der Waals surface area contributed by atoms with Crippen molar-refractivity contribution in [2.45, 2.75) is 6.42 Å². The number of rotatable bonds is 3. The van der Waals surface area contributed by atoms with Crippen LogP contribution in [0.25, 0.3) is 0 Å². The van der Waals surface area contributed by atoms with E-state index in [1.54, 1.807) is 31.3 Å². The first-order chi connectivity index (χ1) is 7.63. The van der Waals surface area contributed by atoms with Crippen molar-refractivity contribution in [3.8, 4) is 6.07 Å². The number of hydrogen-bond donors (Lipinski definition) is 1. The number of anilines is 1. The fraction of sp³-hybridized carbons (Fsp3) is 0.273. The average molecular weight is 238 g/mol. The highest BCUT2D eigenvalue weighted by atomic mass is 35.5. The minimum absolute atomic E-state index is 0.252. The van der Waals surface area contributed by atoms with Gasteiger partial charge in [0.25, 0.3) is 0 Å². The van der Waals surface area contributed by atoms with Crippen molar-refractivity contribution in [3.05, 3.63) is 29.3 Å². The Hall–Kier alpha value is -1.73. The highest BCUT2D eigenvalue weighted by Crippen LogP contribution is 2.15. The molecule has 1 N–H and O–H groups in total. The first-order valence-electron chi connectivity index (χ1n) is 4.78. The fourth-order valence-electron chi connectivity index (χ4n) is 1.10. The number of nitrogens with one attached hydrogen (secondary N) is 1. The third-order valence-electron chi connectivity index (χ3n) is 1.98. The molecule has 4 nitrogen and oxygen atoms in total. The van der Waals surface area contributed by atoms with Crippen LogP contribution in [-0.4, -0.2) is 24.5 Å². The zero-order valence-corrected chi connectivity index (χ0v) is 9.66. The molecule has 0 heterocycles. The molecule has 0 radical (unpaired) electrons. The van der Waals surface area contributed by atoms with Gasteiger partial charge in [0.1, 0.15) is 0 Å². The maximum absolute atomic E-state index is 11.6. The topological polar surface area (TPSA) is 56.1 Å². The van der Waals surface area contributed by atoms with E-state index in [9.17, 15) is 4.79 Å². The molecule has 0 unspecified atom stereocenters. The molecule has 2 amide bonds. The van der Waals surface area contributed by atoms with Crippen LogP contribution in [0.4, 0.5) is 10.5 Å². The van der Waals surface area contributed by atoms with E-state index in [0.29, 0.717) is 23.7 Å². The molecule has 0 bridgehead atoms. The molecule has 0 aliphatic rings. The van der Waals surface area contributed by atoms with E-state index in [4.69, 9.17) is 16.9 Å². The summed E-state index contributed by atoms with van der Waals surface area (Å²) in [5.41, 5.74) is 0.640. The van der Waals surface area contributed by atoms with Gasteiger partial charge >= 0.3 is 6.03 Å². The molecule has 1 rings (SSSR count). The predicted octanol–water partition coefficient (Wildman–Crippen LogP) is 2.72. The van der Waals surface area contributed by atoms with Gasteiger partial charge in [-0.25, -0.2) is 4.79 Å². The Bertz CT molecular complexity index is 414. The summed E-state index contributed by atoms with van der Waals surface area (Å²) < 4.78 is 0. The summed E-state index contributed by atoms with van der Waals surface area (Å²) in [6.07, 6.45) is 0.319. The summed E-state index contributed by atoms with van der Waals surface area (Å²) in [7, 11) is 1.64. The van der Waals surface area contributed by atoms with E-state index in [2.05, 4.69) is 5.32 Å². The van der Waals surface area contributed by atoms with Gasteiger partial charge in [-0.1, -0.05) is 17.7 Å². The van der Waals surface area contributed by atoms with Gasteiger partial charge in [-0.15, -0.1) is 0 Å². The van der Waals surface area contributed by atoms with Crippen LogP contribution >= 0.6 is 11.6 Å². The van der Waals surface area contributed by atoms with E-state index >= 15 is 0 Å². The second-order valence-corrected chi connectivity index (χ2v) is 3.71. The molecule has 5 heteroatoms. The summed E-state index contributed by atoms with van der Waals surface area (Å²) in [4.78, 5) is 13.0. The van der Waals surface area contributed by atoms with Crippen molar-refractivity contribution in [2.75, 3.05) is 18.9 Å². The number of halogens is 1. The van der Waals surface area contributed by atoms with E-state index in [0.717, 1.165) is 0 Å². The number of benzene rings is 1. The quantitative estimate of drug-likeness (QED) is 0.879. The second kappa shape index (κ2) is 5.99. The number of carbonyl (C=O) groups excluding carboxylic acids is 1. The Balaban J connectivity index is 2.54. The van der Waals surface area contributed by atoms with E-state index < -0.39 is 0 Å². The molecule has 0 aliphatic carbocycles. The van der Waals surface area contributed by atoms with Gasteiger partial charge < -0.3 is 10.2 Å². The van der Waals surface area contributed by atoms with Crippen LogP contribution in [0.5, 0.6) is 0 Å². The lowest BCUT2D eigenvalue weighted by atomic mass is 10.3. The largest absolute Gasteiger partial charge is 0.327 e. The van der Waals surface area contributed by atoms with E-state index in [1.165, 1.54) is 4.90 Å². The third-order valence-corrected chi connectivity index (χ3v) is 2.22. The highest BCUT2D eigenvalue weighted by molar-refractivity contribution is 6.30. The standard InChI is InChI=1S/C11H12ClN3O/c1-15(7-3-6-13)11(16)14-10-5-2-4-9(12)8-10/h2,4-5,8H,3,7H2,1H3,(H,14,16). The van der Waals surface area contributed by atoms with Crippen molar-refractivity contribution in [1.82, 2.24) is 4.90 Å². The highest BCUT2D eigenvalue weighted by Gasteiger charge is 2.07. The van der Waals surface area contributed by atoms with Crippen LogP contribution in [0.1, 0.15) is 6.42 Å². The Morgan fingerprint density at radius 3 is 3.00 bits per heavy atom. The molecule has 0 atom stereocenters. The van der Waals surface area contributed by atoms with Crippen molar-refractivity contribution < 1.29 is 4.79 Å². The first kappa shape index (κ1) is 12.3. The van der Waals surface area contributed by atoms with Crippen molar-refractivity contribution in [2.24, 2.45) is 0 Å². The molecule has 0 spiro atoms. The Morgan fingerprint density at radius 2 is 2.38 bits per heavy atom. The van der Waals surface area contributed by atoms with Crippen molar-refractivity contribution >= 4 is 23.3 Å². The molecule has 0 saturated carbocycles. The normalized spacial score (nSPS) is 9.31. The van der Waals surface area contributed by atoms with Crippen LogP contribution in [0.3, 0.4) is 0 Å². The molecular formula is C11H12ClN3O. The fourth-order valence-corrected chi connectivity index (χ4v) is 1.29. The van der Waals surface area contributed by atoms with Gasteiger partial charge in [0.05, 0.1) is 12.5 Å². The summed E-state index contributed by atoms with van der Waals surface area (Å²) in [5, 5.41) is 11.6. The first-order valence-corrected chi connectivity index (χ1v) is 5.16. The van der Waals surface area contributed by atoms with Crippen molar-refractivity contribution in [1.29, 1.82) is 5.26 Å². The van der Waals surface area contributed by atoms with Crippen LogP contribution in [0.15, 0.2) is 24.3 Å². The van der Waals surface area contributed by atoms with Gasteiger partial charge in [-0.3, -0.25) is 0 Å². The zero-order chi connectivity index (χ0) is 12.0. The monoisotopic (exact) mass is 237 g/mol. The summed E-state index contributed by atoms with van der Waals surface area (Å²) >= 11 is 5.78. The van der Waals surface area contributed by atoms with Crippen LogP contribution in [-0.2, 0) is 0 Å². The van der Waals surface area contributed by atoms with Crippen LogP contribution in [0, 0.1) is 11.3 Å². The Kier molecular flexibility index (Phi) is 4.62. The third kappa shape index (κ3) is 3.79. The van der Waals surface area contributed by atoms with Gasteiger partial charge in [0, 0.05) is 24.3 Å². The molecule has 84 valence electrons. The van der Waals surface area contributed by atoms with Crippen molar-refractivity contribution in [3.63, 3.8) is 0 Å². The minimum atomic E-state index is -0.252. The maximum Gasteiger partial charge on any atom is 0.321 e. The molecule has 0 fully saturated rings. The lowest BCUT2D eigenvalue weighted by Gasteiger charge is -2.16. The number of nitriles is 1. The predicted molar refractivity (Wildman–Crippen MR) is 63.3 cm³/mol. The van der Waals surface area contributed by atoms with Gasteiger partial charge in [-0.2, -0.15) is 5.26 Å². The lowest BCUT2D eigenvalue weighted by molar-refractivity contribution is 0.223. The summed E-state index contributed by atoms with van der Waals surface area (Å²) in [6.45, 7) is 0.406. The Morgan fingerprint density at radius 1 is 1.62 bits per heavy atom. The Labute approximate surface area is 99.4 Å². The lowest BCUT2D eigenvalue weighted by Crippen LogP contribution is -2.31. The number of amides is 2.